The van der Waals surface area contributed by atoms with E-state index in [1.807, 2.05) is 19.9 Å². The third-order valence-electron chi connectivity index (χ3n) is 3.68. The molecule has 7 heteroatoms. The van der Waals surface area contributed by atoms with E-state index >= 15 is 0 Å². The van der Waals surface area contributed by atoms with E-state index in [2.05, 4.69) is 30.0 Å². The average Bonchev–Trinajstić information content (AvgIpc) is 2.84. The molecule has 1 aliphatic rings. The maximum Gasteiger partial charge on any atom is 0.239 e. The predicted molar refractivity (Wildman–Crippen MR) is 76.5 cm³/mol. The van der Waals surface area contributed by atoms with Crippen LogP contribution in [0.4, 0.5) is 11.8 Å². The molecule has 20 heavy (non-hydrogen) atoms. The number of rotatable bonds is 2. The number of piperidine rings is 1. The first-order chi connectivity index (χ1) is 9.61. The van der Waals surface area contributed by atoms with Crippen LogP contribution in [0.5, 0.6) is 0 Å². The van der Waals surface area contributed by atoms with Crippen molar-refractivity contribution < 1.29 is 0 Å². The van der Waals surface area contributed by atoms with Crippen LogP contribution >= 0.6 is 0 Å². The molecule has 1 fully saturated rings. The molecule has 0 unspecified atom stereocenters. The fraction of sp³-hybridized carbons (Fsp3) is 0.538. The zero-order valence-corrected chi connectivity index (χ0v) is 11.8. The van der Waals surface area contributed by atoms with E-state index in [0.717, 1.165) is 49.1 Å². The number of hydrogen-bond donors (Lipinski definition) is 2. The lowest BCUT2D eigenvalue weighted by molar-refractivity contribution is 0.484. The zero-order valence-electron chi connectivity index (χ0n) is 11.8. The highest BCUT2D eigenvalue weighted by Gasteiger charge is 2.24. The van der Waals surface area contributed by atoms with E-state index in [1.165, 1.54) is 0 Å². The van der Waals surface area contributed by atoms with E-state index < -0.39 is 0 Å². The first kappa shape index (κ1) is 12.8. The lowest BCUT2D eigenvalue weighted by atomic mass is 9.96. The van der Waals surface area contributed by atoms with E-state index in [0.29, 0.717) is 11.9 Å². The molecule has 1 saturated heterocycles. The largest absolute Gasteiger partial charge is 0.367 e. The highest BCUT2D eigenvalue weighted by Crippen LogP contribution is 2.28. The van der Waals surface area contributed by atoms with Crippen molar-refractivity contribution in [2.24, 2.45) is 0 Å². The number of aryl methyl sites for hydroxylation is 2. The third-order valence-corrected chi connectivity index (χ3v) is 3.68. The fourth-order valence-corrected chi connectivity index (χ4v) is 2.71. The number of nitrogens with one attached hydrogen (secondary N) is 1. The second-order valence-corrected chi connectivity index (χ2v) is 5.25. The first-order valence-electron chi connectivity index (χ1n) is 6.87. The molecule has 7 nitrogen and oxygen atoms in total. The zero-order chi connectivity index (χ0) is 14.1. The van der Waals surface area contributed by atoms with Crippen molar-refractivity contribution in [2.45, 2.75) is 32.6 Å². The van der Waals surface area contributed by atoms with Crippen molar-refractivity contribution in [3.63, 3.8) is 0 Å². The van der Waals surface area contributed by atoms with E-state index in [4.69, 9.17) is 5.73 Å². The standard InChI is InChI=1S/C13H19N7/c1-8-7-11(16-9(2)15-8)20-5-3-10(4-6-20)12-17-13(14)19-18-12/h7,10H,3-6H2,1-2H3,(H3,14,17,18,19). The molecular weight excluding hydrogens is 254 g/mol. The molecule has 106 valence electrons. The van der Waals surface area contributed by atoms with Gasteiger partial charge in [-0.25, -0.2) is 9.97 Å². The van der Waals surface area contributed by atoms with Gasteiger partial charge in [-0.15, -0.1) is 5.10 Å². The van der Waals surface area contributed by atoms with Crippen molar-refractivity contribution in [1.82, 2.24) is 25.1 Å². The highest BCUT2D eigenvalue weighted by molar-refractivity contribution is 5.40. The molecule has 0 aromatic carbocycles. The van der Waals surface area contributed by atoms with Crippen molar-refractivity contribution >= 4 is 11.8 Å². The summed E-state index contributed by atoms with van der Waals surface area (Å²) in [5, 5.41) is 6.82. The van der Waals surface area contributed by atoms with E-state index in [9.17, 15) is 0 Å². The molecule has 1 aliphatic heterocycles. The third kappa shape index (κ3) is 2.56. The number of H-pyrrole nitrogens is 1. The molecule has 0 saturated carbocycles. The molecule has 0 aliphatic carbocycles. The van der Waals surface area contributed by atoms with Crippen LogP contribution < -0.4 is 10.6 Å². The second-order valence-electron chi connectivity index (χ2n) is 5.25. The molecule has 2 aromatic rings. The summed E-state index contributed by atoms with van der Waals surface area (Å²) in [5.74, 6) is 3.47. The second kappa shape index (κ2) is 5.07. The molecule has 3 rings (SSSR count). The van der Waals surface area contributed by atoms with Gasteiger partial charge in [-0.05, 0) is 26.7 Å². The molecule has 0 amide bonds. The number of aromatic nitrogens is 5. The van der Waals surface area contributed by atoms with Gasteiger partial charge in [0, 0.05) is 30.8 Å². The number of nitrogens with two attached hydrogens (primary N) is 1. The monoisotopic (exact) mass is 273 g/mol. The lowest BCUT2D eigenvalue weighted by Gasteiger charge is -2.32. The Bertz CT molecular complexity index is 578. The summed E-state index contributed by atoms with van der Waals surface area (Å²) >= 11 is 0. The number of nitrogens with zero attached hydrogens (tertiary/aromatic N) is 5. The smallest absolute Gasteiger partial charge is 0.239 e. The van der Waals surface area contributed by atoms with Gasteiger partial charge in [0.25, 0.3) is 0 Å². The minimum absolute atomic E-state index is 0.324. The van der Waals surface area contributed by atoms with E-state index in [-0.39, 0.29) is 0 Å². The molecule has 3 N–H and O–H groups in total. The van der Waals surface area contributed by atoms with Crippen LogP contribution in [0.1, 0.15) is 36.1 Å². The number of nitrogen functional groups attached to an aromatic ring is 1. The van der Waals surface area contributed by atoms with Crippen molar-refractivity contribution in [1.29, 1.82) is 0 Å². The van der Waals surface area contributed by atoms with E-state index in [1.54, 1.807) is 0 Å². The Hall–Kier alpha value is -2.18. The molecule has 3 heterocycles. The Morgan fingerprint density at radius 3 is 2.55 bits per heavy atom. The summed E-state index contributed by atoms with van der Waals surface area (Å²) in [5.41, 5.74) is 6.57. The molecule has 0 bridgehead atoms. The highest BCUT2D eigenvalue weighted by atomic mass is 15.3. The SMILES string of the molecule is Cc1cc(N2CCC(c3nc(N)n[nH]3)CC2)nc(C)n1. The summed E-state index contributed by atoms with van der Waals surface area (Å²) in [4.78, 5) is 15.4. The summed E-state index contributed by atoms with van der Waals surface area (Å²) in [7, 11) is 0. The van der Waals surface area contributed by atoms with Crippen LogP contribution in [0.15, 0.2) is 6.07 Å². The summed E-state index contributed by atoms with van der Waals surface area (Å²) < 4.78 is 0. The van der Waals surface area contributed by atoms with Crippen molar-refractivity contribution in [3.8, 4) is 0 Å². The minimum atomic E-state index is 0.324. The van der Waals surface area contributed by atoms with Gasteiger partial charge in [-0.2, -0.15) is 4.98 Å². The van der Waals surface area contributed by atoms with Gasteiger partial charge in [0.1, 0.15) is 17.5 Å². The van der Waals surface area contributed by atoms with Crippen molar-refractivity contribution in [3.05, 3.63) is 23.4 Å². The topological polar surface area (TPSA) is 96.6 Å². The quantitative estimate of drug-likeness (QED) is 0.852. The Balaban J connectivity index is 1.69. The van der Waals surface area contributed by atoms with Crippen LogP contribution in [0.25, 0.3) is 0 Å². The minimum Gasteiger partial charge on any atom is -0.367 e. The van der Waals surface area contributed by atoms with Crippen LogP contribution in [-0.2, 0) is 0 Å². The normalized spacial score (nSPS) is 16.6. The fourth-order valence-electron chi connectivity index (χ4n) is 2.71. The number of aromatic amines is 1. The van der Waals surface area contributed by atoms with Gasteiger partial charge in [-0.1, -0.05) is 0 Å². The Kier molecular flexibility index (Phi) is 3.25. The number of anilines is 2. The van der Waals surface area contributed by atoms with Gasteiger partial charge in [0.2, 0.25) is 5.95 Å². The maximum absolute atomic E-state index is 5.56. The van der Waals surface area contributed by atoms with Crippen LogP contribution in [0.3, 0.4) is 0 Å². The lowest BCUT2D eigenvalue weighted by Crippen LogP contribution is -2.34. The molecule has 0 radical (unpaired) electrons. The van der Waals surface area contributed by atoms with Crippen molar-refractivity contribution in [2.75, 3.05) is 23.7 Å². The van der Waals surface area contributed by atoms with Crippen LogP contribution in [0.2, 0.25) is 0 Å². The molecular formula is C13H19N7. The van der Waals surface area contributed by atoms with Crippen LogP contribution in [-0.4, -0.2) is 38.2 Å². The summed E-state index contributed by atoms with van der Waals surface area (Å²) in [6.45, 7) is 5.85. The molecule has 2 aromatic heterocycles. The summed E-state index contributed by atoms with van der Waals surface area (Å²) in [6.07, 6.45) is 2.05. The summed E-state index contributed by atoms with van der Waals surface area (Å²) in [6, 6.07) is 2.04. The van der Waals surface area contributed by atoms with Gasteiger partial charge in [0.05, 0.1) is 0 Å². The Morgan fingerprint density at radius 1 is 1.20 bits per heavy atom. The number of hydrogen-bond acceptors (Lipinski definition) is 6. The maximum atomic E-state index is 5.56. The molecule has 0 atom stereocenters. The van der Waals surface area contributed by atoms with Gasteiger partial charge in [-0.3, -0.25) is 5.10 Å². The van der Waals surface area contributed by atoms with Gasteiger partial charge in [0.15, 0.2) is 0 Å². The van der Waals surface area contributed by atoms with Gasteiger partial charge < -0.3 is 10.6 Å². The Morgan fingerprint density at radius 2 is 1.95 bits per heavy atom. The Labute approximate surface area is 117 Å². The van der Waals surface area contributed by atoms with Gasteiger partial charge >= 0.3 is 0 Å². The molecule has 0 spiro atoms. The van der Waals surface area contributed by atoms with Crippen LogP contribution in [0, 0.1) is 13.8 Å². The first-order valence-corrected chi connectivity index (χ1v) is 6.87. The average molecular weight is 273 g/mol. The predicted octanol–water partition coefficient (Wildman–Crippen LogP) is 1.18.